The summed E-state index contributed by atoms with van der Waals surface area (Å²) < 4.78 is 18.8. The van der Waals surface area contributed by atoms with Crippen LogP contribution in [0.2, 0.25) is 0 Å². The fraction of sp³-hybridized carbons (Fsp3) is 0.611. The third-order valence-electron chi connectivity index (χ3n) is 4.38. The SMILES string of the molecule is CCN1CCC(NC(=O)CN(C)CCOc2ccccc2F)CC1. The Balaban J connectivity index is 1.62. The Labute approximate surface area is 143 Å². The van der Waals surface area contributed by atoms with Crippen molar-refractivity contribution in [3.05, 3.63) is 30.1 Å². The average molecular weight is 337 g/mol. The maximum Gasteiger partial charge on any atom is 0.234 e. The van der Waals surface area contributed by atoms with E-state index < -0.39 is 0 Å². The molecule has 5 nitrogen and oxygen atoms in total. The van der Waals surface area contributed by atoms with E-state index >= 15 is 0 Å². The minimum Gasteiger partial charge on any atom is -0.489 e. The third kappa shape index (κ3) is 6.09. The standard InChI is InChI=1S/C18H28FN3O2/c1-3-22-10-8-15(9-11-22)20-18(23)14-21(2)12-13-24-17-7-5-4-6-16(17)19/h4-7,15H,3,8-14H2,1-2H3,(H,20,23). The average Bonchev–Trinajstić information content (AvgIpc) is 2.57. The van der Waals surface area contributed by atoms with Crippen molar-refractivity contribution in [2.45, 2.75) is 25.8 Å². The molecule has 0 aliphatic carbocycles. The minimum atomic E-state index is -0.365. The Bertz CT molecular complexity index is 519. The number of benzene rings is 1. The summed E-state index contributed by atoms with van der Waals surface area (Å²) in [7, 11) is 1.87. The van der Waals surface area contributed by atoms with Gasteiger partial charge in [-0.05, 0) is 38.6 Å². The Kier molecular flexibility index (Phi) is 7.46. The van der Waals surface area contributed by atoms with Gasteiger partial charge in [0.1, 0.15) is 6.61 Å². The van der Waals surface area contributed by atoms with Crippen LogP contribution in [0.1, 0.15) is 19.8 Å². The highest BCUT2D eigenvalue weighted by molar-refractivity contribution is 5.78. The maximum atomic E-state index is 13.4. The number of amides is 1. The molecule has 0 aromatic heterocycles. The van der Waals surface area contributed by atoms with E-state index in [1.807, 2.05) is 11.9 Å². The number of hydrogen-bond donors (Lipinski definition) is 1. The molecular weight excluding hydrogens is 309 g/mol. The number of carbonyl (C=O) groups excluding carboxylic acids is 1. The number of likely N-dealkylation sites (N-methyl/N-ethyl adjacent to an activating group) is 1. The lowest BCUT2D eigenvalue weighted by Gasteiger charge is -2.31. The molecule has 0 saturated carbocycles. The van der Waals surface area contributed by atoms with Gasteiger partial charge < -0.3 is 15.0 Å². The van der Waals surface area contributed by atoms with Crippen LogP contribution in [0.5, 0.6) is 5.75 Å². The van der Waals surface area contributed by atoms with Gasteiger partial charge in [-0.3, -0.25) is 9.69 Å². The van der Waals surface area contributed by atoms with Crippen molar-refractivity contribution < 1.29 is 13.9 Å². The van der Waals surface area contributed by atoms with Gasteiger partial charge in [-0.2, -0.15) is 0 Å². The third-order valence-corrected chi connectivity index (χ3v) is 4.38. The van der Waals surface area contributed by atoms with Gasteiger partial charge in [0.15, 0.2) is 11.6 Å². The van der Waals surface area contributed by atoms with Gasteiger partial charge in [-0.1, -0.05) is 19.1 Å². The molecule has 0 radical (unpaired) electrons. The largest absolute Gasteiger partial charge is 0.489 e. The van der Waals surface area contributed by atoms with Crippen molar-refractivity contribution in [2.75, 3.05) is 46.4 Å². The second-order valence-corrected chi connectivity index (χ2v) is 6.29. The van der Waals surface area contributed by atoms with Crippen LogP contribution in [-0.4, -0.2) is 68.1 Å². The predicted molar refractivity (Wildman–Crippen MR) is 92.7 cm³/mol. The van der Waals surface area contributed by atoms with Gasteiger partial charge in [0.05, 0.1) is 6.54 Å². The van der Waals surface area contributed by atoms with Crippen LogP contribution in [0.15, 0.2) is 24.3 Å². The number of nitrogens with zero attached hydrogens (tertiary/aromatic N) is 2. The number of hydrogen-bond acceptors (Lipinski definition) is 4. The van der Waals surface area contributed by atoms with E-state index in [0.717, 1.165) is 32.5 Å². The zero-order valence-electron chi connectivity index (χ0n) is 14.6. The van der Waals surface area contributed by atoms with Gasteiger partial charge in [0.25, 0.3) is 0 Å². The predicted octanol–water partition coefficient (Wildman–Crippen LogP) is 1.74. The maximum absolute atomic E-state index is 13.4. The van der Waals surface area contributed by atoms with Crippen LogP contribution in [0.4, 0.5) is 4.39 Å². The second kappa shape index (κ2) is 9.59. The summed E-state index contributed by atoms with van der Waals surface area (Å²) in [4.78, 5) is 16.4. The van der Waals surface area contributed by atoms with Crippen molar-refractivity contribution in [1.82, 2.24) is 15.1 Å². The molecule has 1 heterocycles. The van der Waals surface area contributed by atoms with Crippen LogP contribution >= 0.6 is 0 Å². The summed E-state index contributed by atoms with van der Waals surface area (Å²) in [5.41, 5.74) is 0. The summed E-state index contributed by atoms with van der Waals surface area (Å²) in [5, 5.41) is 3.10. The molecule has 0 unspecified atom stereocenters. The number of halogens is 1. The molecule has 1 N–H and O–H groups in total. The van der Waals surface area contributed by atoms with Crippen molar-refractivity contribution in [3.8, 4) is 5.75 Å². The molecule has 0 atom stereocenters. The molecule has 1 aromatic carbocycles. The van der Waals surface area contributed by atoms with Crippen molar-refractivity contribution >= 4 is 5.91 Å². The Hall–Kier alpha value is -1.66. The topological polar surface area (TPSA) is 44.8 Å². The highest BCUT2D eigenvalue weighted by atomic mass is 19.1. The fourth-order valence-corrected chi connectivity index (χ4v) is 2.86. The summed E-state index contributed by atoms with van der Waals surface area (Å²) in [6.45, 7) is 6.58. The number of ether oxygens (including phenoxy) is 1. The van der Waals surface area contributed by atoms with E-state index in [9.17, 15) is 9.18 Å². The molecule has 1 aliphatic heterocycles. The monoisotopic (exact) mass is 337 g/mol. The smallest absolute Gasteiger partial charge is 0.234 e. The lowest BCUT2D eigenvalue weighted by atomic mass is 10.1. The van der Waals surface area contributed by atoms with Crippen LogP contribution in [0, 0.1) is 5.82 Å². The lowest BCUT2D eigenvalue weighted by Crippen LogP contribution is -2.47. The van der Waals surface area contributed by atoms with Gasteiger partial charge in [-0.15, -0.1) is 0 Å². The number of nitrogens with one attached hydrogen (secondary N) is 1. The second-order valence-electron chi connectivity index (χ2n) is 6.29. The molecule has 1 aliphatic rings. The van der Waals surface area contributed by atoms with E-state index in [0.29, 0.717) is 19.7 Å². The highest BCUT2D eigenvalue weighted by Crippen LogP contribution is 2.15. The Morgan fingerprint density at radius 2 is 2.08 bits per heavy atom. The van der Waals surface area contributed by atoms with E-state index in [1.165, 1.54) is 6.07 Å². The van der Waals surface area contributed by atoms with Gasteiger partial charge in [0, 0.05) is 25.7 Å². The van der Waals surface area contributed by atoms with Crippen molar-refractivity contribution in [2.24, 2.45) is 0 Å². The Morgan fingerprint density at radius 1 is 1.38 bits per heavy atom. The summed E-state index contributed by atoms with van der Waals surface area (Å²) in [6.07, 6.45) is 2.03. The molecule has 1 fully saturated rings. The van der Waals surface area contributed by atoms with E-state index in [-0.39, 0.29) is 23.5 Å². The molecular formula is C18H28FN3O2. The summed E-state index contributed by atoms with van der Waals surface area (Å²) in [6, 6.07) is 6.62. The zero-order chi connectivity index (χ0) is 17.4. The van der Waals surface area contributed by atoms with Crippen LogP contribution in [0.3, 0.4) is 0 Å². The highest BCUT2D eigenvalue weighted by Gasteiger charge is 2.20. The molecule has 1 aromatic rings. The normalized spacial score (nSPS) is 16.3. The Morgan fingerprint density at radius 3 is 2.75 bits per heavy atom. The van der Waals surface area contributed by atoms with Gasteiger partial charge in [0.2, 0.25) is 5.91 Å². The van der Waals surface area contributed by atoms with Crippen molar-refractivity contribution in [1.29, 1.82) is 0 Å². The first kappa shape index (κ1) is 18.7. The summed E-state index contributed by atoms with van der Waals surface area (Å²) in [5.74, 6) is -0.0762. The van der Waals surface area contributed by atoms with Gasteiger partial charge >= 0.3 is 0 Å². The molecule has 24 heavy (non-hydrogen) atoms. The number of rotatable bonds is 8. The number of likely N-dealkylation sites (tertiary alicyclic amines) is 1. The fourth-order valence-electron chi connectivity index (χ4n) is 2.86. The molecule has 1 saturated heterocycles. The van der Waals surface area contributed by atoms with Crippen LogP contribution in [0.25, 0.3) is 0 Å². The zero-order valence-corrected chi connectivity index (χ0v) is 14.6. The number of piperidine rings is 1. The van der Waals surface area contributed by atoms with Gasteiger partial charge in [-0.25, -0.2) is 4.39 Å². The van der Waals surface area contributed by atoms with E-state index in [2.05, 4.69) is 17.1 Å². The minimum absolute atomic E-state index is 0.0401. The molecule has 0 bridgehead atoms. The van der Waals surface area contributed by atoms with Crippen molar-refractivity contribution in [3.63, 3.8) is 0 Å². The molecule has 1 amide bonds. The van der Waals surface area contributed by atoms with E-state index in [1.54, 1.807) is 18.2 Å². The first-order valence-electron chi connectivity index (χ1n) is 8.66. The first-order chi connectivity index (χ1) is 11.6. The summed E-state index contributed by atoms with van der Waals surface area (Å²) >= 11 is 0. The molecule has 2 rings (SSSR count). The number of carbonyl (C=O) groups is 1. The molecule has 6 heteroatoms. The molecule has 0 spiro atoms. The molecule has 134 valence electrons. The van der Waals surface area contributed by atoms with Crippen LogP contribution < -0.4 is 10.1 Å². The number of para-hydroxylation sites is 1. The van der Waals surface area contributed by atoms with Crippen LogP contribution in [-0.2, 0) is 4.79 Å². The van der Waals surface area contributed by atoms with E-state index in [4.69, 9.17) is 4.74 Å². The lowest BCUT2D eigenvalue weighted by molar-refractivity contribution is -0.123. The quantitative estimate of drug-likeness (QED) is 0.785. The first-order valence-corrected chi connectivity index (χ1v) is 8.66.